The van der Waals surface area contributed by atoms with Gasteiger partial charge in [0, 0.05) is 36.3 Å². The Morgan fingerprint density at radius 3 is 3.09 bits per heavy atom. The highest BCUT2D eigenvalue weighted by Gasteiger charge is 2.07. The monoisotopic (exact) mass is 292 g/mol. The predicted molar refractivity (Wildman–Crippen MR) is 86.6 cm³/mol. The minimum Gasteiger partial charge on any atom is -0.512 e. The Morgan fingerprint density at radius 1 is 1.27 bits per heavy atom. The molecule has 1 aliphatic rings. The standard InChI is InChI=1S/C18H16N2O2/c21-17-4-2-1-3-13(9-17)11-20-18(22)15-5-6-16-12-19-8-7-14(16)10-15/h1-3,5-10,12,21H,4,11H2,(H,20,22). The van der Waals surface area contributed by atoms with E-state index in [4.69, 9.17) is 0 Å². The smallest absolute Gasteiger partial charge is 0.251 e. The van der Waals surface area contributed by atoms with Crippen LogP contribution in [0.1, 0.15) is 16.8 Å². The van der Waals surface area contributed by atoms with E-state index in [9.17, 15) is 9.90 Å². The predicted octanol–water partition coefficient (Wildman–Crippen LogP) is 3.29. The molecule has 0 radical (unpaired) electrons. The first-order valence-electron chi connectivity index (χ1n) is 7.09. The highest BCUT2D eigenvalue weighted by Crippen LogP contribution is 2.15. The SMILES string of the molecule is O=C(NCC1=CC=CCC(O)=C1)c1ccc2cnccc2c1. The molecule has 1 aromatic heterocycles. The summed E-state index contributed by atoms with van der Waals surface area (Å²) in [6, 6.07) is 7.40. The van der Waals surface area contributed by atoms with Crippen molar-refractivity contribution in [3.8, 4) is 0 Å². The van der Waals surface area contributed by atoms with Gasteiger partial charge in [-0.2, -0.15) is 0 Å². The third-order valence-electron chi connectivity index (χ3n) is 3.48. The molecule has 0 atom stereocenters. The summed E-state index contributed by atoms with van der Waals surface area (Å²) in [5.74, 6) is 0.160. The van der Waals surface area contributed by atoms with E-state index in [0.29, 0.717) is 24.3 Å². The minimum atomic E-state index is -0.138. The largest absolute Gasteiger partial charge is 0.512 e. The molecule has 0 saturated carbocycles. The second-order valence-corrected chi connectivity index (χ2v) is 5.13. The van der Waals surface area contributed by atoms with Gasteiger partial charge in [-0.1, -0.05) is 24.3 Å². The summed E-state index contributed by atoms with van der Waals surface area (Å²) in [5, 5.41) is 14.5. The van der Waals surface area contributed by atoms with Crippen LogP contribution < -0.4 is 5.32 Å². The van der Waals surface area contributed by atoms with Crippen LogP contribution >= 0.6 is 0 Å². The first kappa shape index (κ1) is 14.1. The number of nitrogens with zero attached hydrogens (tertiary/aromatic N) is 1. The molecule has 1 aliphatic carbocycles. The summed E-state index contributed by atoms with van der Waals surface area (Å²) in [7, 11) is 0. The molecule has 3 rings (SSSR count). The molecule has 2 aromatic rings. The van der Waals surface area contributed by atoms with Crippen molar-refractivity contribution >= 4 is 16.7 Å². The van der Waals surface area contributed by atoms with Gasteiger partial charge in [0.15, 0.2) is 0 Å². The number of rotatable bonds is 3. The van der Waals surface area contributed by atoms with E-state index in [-0.39, 0.29) is 5.91 Å². The zero-order valence-corrected chi connectivity index (χ0v) is 12.0. The van der Waals surface area contributed by atoms with Gasteiger partial charge in [0.1, 0.15) is 0 Å². The molecule has 1 aromatic carbocycles. The number of pyridine rings is 1. The van der Waals surface area contributed by atoms with Crippen molar-refractivity contribution in [3.63, 3.8) is 0 Å². The molecule has 0 bridgehead atoms. The van der Waals surface area contributed by atoms with Gasteiger partial charge in [-0.3, -0.25) is 9.78 Å². The number of aromatic nitrogens is 1. The molecule has 1 heterocycles. The summed E-state index contributed by atoms with van der Waals surface area (Å²) in [4.78, 5) is 16.3. The molecule has 0 unspecified atom stereocenters. The number of carbonyl (C=O) groups excluding carboxylic acids is 1. The second kappa shape index (κ2) is 6.26. The van der Waals surface area contributed by atoms with Crippen LogP contribution in [0.5, 0.6) is 0 Å². The quantitative estimate of drug-likeness (QED) is 0.912. The van der Waals surface area contributed by atoms with E-state index in [1.54, 1.807) is 24.5 Å². The summed E-state index contributed by atoms with van der Waals surface area (Å²) in [6.45, 7) is 0.377. The van der Waals surface area contributed by atoms with Crippen molar-refractivity contribution in [2.24, 2.45) is 0 Å². The van der Waals surface area contributed by atoms with Crippen molar-refractivity contribution in [1.82, 2.24) is 10.3 Å². The molecule has 0 spiro atoms. The minimum absolute atomic E-state index is 0.138. The molecule has 1 amide bonds. The molecule has 2 N–H and O–H groups in total. The van der Waals surface area contributed by atoms with Gasteiger partial charge in [0.25, 0.3) is 5.91 Å². The van der Waals surface area contributed by atoms with Gasteiger partial charge >= 0.3 is 0 Å². The first-order valence-corrected chi connectivity index (χ1v) is 7.09. The van der Waals surface area contributed by atoms with Gasteiger partial charge in [-0.05, 0) is 35.2 Å². The number of aliphatic hydroxyl groups is 1. The summed E-state index contributed by atoms with van der Waals surface area (Å²) in [5.41, 5.74) is 1.47. The topological polar surface area (TPSA) is 62.2 Å². The Morgan fingerprint density at radius 2 is 2.18 bits per heavy atom. The van der Waals surface area contributed by atoms with Crippen LogP contribution in [0.25, 0.3) is 10.8 Å². The number of carbonyl (C=O) groups is 1. The van der Waals surface area contributed by atoms with Crippen LogP contribution in [0.3, 0.4) is 0 Å². The molecule has 0 aliphatic heterocycles. The number of hydrogen-bond donors (Lipinski definition) is 2. The fourth-order valence-corrected chi connectivity index (χ4v) is 2.32. The fraction of sp³-hybridized carbons (Fsp3) is 0.111. The number of aliphatic hydroxyl groups excluding tert-OH is 1. The molecular formula is C18H16N2O2. The number of fused-ring (bicyclic) bond motifs is 1. The number of hydrogen-bond acceptors (Lipinski definition) is 3. The number of nitrogens with one attached hydrogen (secondary N) is 1. The number of amides is 1. The fourth-order valence-electron chi connectivity index (χ4n) is 2.32. The van der Waals surface area contributed by atoms with E-state index >= 15 is 0 Å². The lowest BCUT2D eigenvalue weighted by Gasteiger charge is -2.07. The van der Waals surface area contributed by atoms with E-state index in [2.05, 4.69) is 10.3 Å². The van der Waals surface area contributed by atoms with Crippen LogP contribution in [-0.2, 0) is 0 Å². The third kappa shape index (κ3) is 3.23. The molecule has 4 heteroatoms. The lowest BCUT2D eigenvalue weighted by Crippen LogP contribution is -2.25. The second-order valence-electron chi connectivity index (χ2n) is 5.13. The summed E-state index contributed by atoms with van der Waals surface area (Å²) < 4.78 is 0. The van der Waals surface area contributed by atoms with Gasteiger partial charge in [0.2, 0.25) is 0 Å². The lowest BCUT2D eigenvalue weighted by atomic mass is 10.1. The summed E-state index contributed by atoms with van der Waals surface area (Å²) in [6.07, 6.45) is 11.3. The van der Waals surface area contributed by atoms with Crippen molar-refractivity contribution in [1.29, 1.82) is 0 Å². The van der Waals surface area contributed by atoms with Gasteiger partial charge < -0.3 is 10.4 Å². The molecule has 0 fully saturated rings. The Balaban J connectivity index is 1.72. The van der Waals surface area contributed by atoms with Crippen molar-refractivity contribution in [3.05, 3.63) is 77.9 Å². The lowest BCUT2D eigenvalue weighted by molar-refractivity contribution is 0.0957. The number of benzene rings is 1. The average molecular weight is 292 g/mol. The molecular weight excluding hydrogens is 276 g/mol. The maximum absolute atomic E-state index is 12.2. The molecule has 4 nitrogen and oxygen atoms in total. The van der Waals surface area contributed by atoms with Crippen LogP contribution in [0, 0.1) is 0 Å². The Kier molecular flexibility index (Phi) is 4.01. The Bertz CT molecular complexity index is 804. The van der Waals surface area contributed by atoms with Crippen LogP contribution in [0.15, 0.2) is 72.3 Å². The van der Waals surface area contributed by atoms with Crippen LogP contribution in [-0.4, -0.2) is 22.5 Å². The van der Waals surface area contributed by atoms with Crippen LogP contribution in [0.4, 0.5) is 0 Å². The van der Waals surface area contributed by atoms with Crippen LogP contribution in [0.2, 0.25) is 0 Å². The van der Waals surface area contributed by atoms with E-state index < -0.39 is 0 Å². The van der Waals surface area contributed by atoms with E-state index in [1.165, 1.54) is 0 Å². The maximum Gasteiger partial charge on any atom is 0.251 e. The summed E-state index contributed by atoms with van der Waals surface area (Å²) >= 11 is 0. The average Bonchev–Trinajstić information content (AvgIpc) is 2.76. The zero-order valence-electron chi connectivity index (χ0n) is 12.0. The zero-order chi connectivity index (χ0) is 15.4. The highest BCUT2D eigenvalue weighted by atomic mass is 16.3. The molecule has 0 saturated heterocycles. The van der Waals surface area contributed by atoms with E-state index in [0.717, 1.165) is 16.3 Å². The van der Waals surface area contributed by atoms with Crippen molar-refractivity contribution in [2.75, 3.05) is 6.54 Å². The van der Waals surface area contributed by atoms with Gasteiger partial charge in [0.05, 0.1) is 5.76 Å². The Labute approximate surface area is 128 Å². The van der Waals surface area contributed by atoms with Gasteiger partial charge in [-0.15, -0.1) is 0 Å². The number of allylic oxidation sites excluding steroid dienone is 3. The normalized spacial score (nSPS) is 14.2. The van der Waals surface area contributed by atoms with Crippen molar-refractivity contribution in [2.45, 2.75) is 6.42 Å². The third-order valence-corrected chi connectivity index (χ3v) is 3.48. The highest BCUT2D eigenvalue weighted by molar-refractivity contribution is 5.98. The first-order chi connectivity index (χ1) is 10.7. The maximum atomic E-state index is 12.2. The van der Waals surface area contributed by atoms with E-state index in [1.807, 2.05) is 36.4 Å². The Hall–Kier alpha value is -2.88. The molecule has 110 valence electrons. The van der Waals surface area contributed by atoms with Gasteiger partial charge in [-0.25, -0.2) is 0 Å². The van der Waals surface area contributed by atoms with Crippen molar-refractivity contribution < 1.29 is 9.90 Å². The molecule has 22 heavy (non-hydrogen) atoms.